The van der Waals surface area contributed by atoms with Crippen LogP contribution in [0.1, 0.15) is 39.0 Å². The van der Waals surface area contributed by atoms with Crippen LogP contribution in [0.3, 0.4) is 0 Å². The second kappa shape index (κ2) is 4.73. The molecule has 1 aliphatic rings. The molecule has 1 fully saturated rings. The molecule has 0 aromatic heterocycles. The molecular formula is C9H18O2. The fraction of sp³-hybridized carbons (Fsp3) is 1.00. The fourth-order valence-corrected chi connectivity index (χ4v) is 1.41. The number of rotatable bonds is 6. The van der Waals surface area contributed by atoms with Crippen LogP contribution >= 0.6 is 0 Å². The number of aliphatic hydroxyl groups excluding tert-OH is 1. The molecule has 1 rings (SSSR count). The average molecular weight is 158 g/mol. The Balaban J connectivity index is 1.87. The molecular weight excluding hydrogens is 140 g/mol. The van der Waals surface area contributed by atoms with Crippen LogP contribution in [0.5, 0.6) is 0 Å². The summed E-state index contributed by atoms with van der Waals surface area (Å²) in [7, 11) is 0. The van der Waals surface area contributed by atoms with E-state index in [9.17, 15) is 0 Å². The van der Waals surface area contributed by atoms with E-state index in [1.165, 1.54) is 25.7 Å². The third-order valence-corrected chi connectivity index (χ3v) is 2.19. The molecule has 2 nitrogen and oxygen atoms in total. The van der Waals surface area contributed by atoms with Gasteiger partial charge in [-0.05, 0) is 12.8 Å². The van der Waals surface area contributed by atoms with Crippen molar-refractivity contribution in [3.8, 4) is 0 Å². The molecule has 0 aromatic rings. The molecule has 2 heteroatoms. The molecule has 0 radical (unpaired) electrons. The third-order valence-electron chi connectivity index (χ3n) is 2.19. The lowest BCUT2D eigenvalue weighted by atomic mass is 10.1. The maximum Gasteiger partial charge on any atom is 0.0863 e. The van der Waals surface area contributed by atoms with Gasteiger partial charge in [-0.3, -0.25) is 0 Å². The number of aliphatic hydroxyl groups is 1. The molecule has 11 heavy (non-hydrogen) atoms. The normalized spacial score (nSPS) is 28.9. The number of ether oxygens (including phenoxy) is 1. The molecule has 1 saturated heterocycles. The third kappa shape index (κ3) is 3.21. The SMILES string of the molecule is CCCCCC1O[C@@H]1CCO. The lowest BCUT2D eigenvalue weighted by Crippen LogP contribution is -1.96. The van der Waals surface area contributed by atoms with E-state index in [4.69, 9.17) is 9.84 Å². The van der Waals surface area contributed by atoms with E-state index in [0.29, 0.717) is 12.2 Å². The molecule has 2 atom stereocenters. The molecule has 0 bridgehead atoms. The Hall–Kier alpha value is -0.0800. The topological polar surface area (TPSA) is 32.8 Å². The van der Waals surface area contributed by atoms with Gasteiger partial charge in [0.25, 0.3) is 0 Å². The highest BCUT2D eigenvalue weighted by atomic mass is 16.6. The van der Waals surface area contributed by atoms with Gasteiger partial charge in [0.15, 0.2) is 0 Å². The summed E-state index contributed by atoms with van der Waals surface area (Å²) < 4.78 is 5.34. The van der Waals surface area contributed by atoms with Crippen molar-refractivity contribution in [2.24, 2.45) is 0 Å². The summed E-state index contributed by atoms with van der Waals surface area (Å²) >= 11 is 0. The highest BCUT2D eigenvalue weighted by molar-refractivity contribution is 4.83. The first-order valence-corrected chi connectivity index (χ1v) is 4.64. The lowest BCUT2D eigenvalue weighted by molar-refractivity contribution is 0.262. The van der Waals surface area contributed by atoms with Crippen LogP contribution in [-0.2, 0) is 4.74 Å². The Kier molecular flexibility index (Phi) is 3.87. The van der Waals surface area contributed by atoms with Crippen molar-refractivity contribution in [2.75, 3.05) is 6.61 Å². The predicted octanol–water partition coefficient (Wildman–Crippen LogP) is 1.72. The molecule has 0 amide bonds. The smallest absolute Gasteiger partial charge is 0.0863 e. The van der Waals surface area contributed by atoms with Crippen molar-refractivity contribution in [3.63, 3.8) is 0 Å². The van der Waals surface area contributed by atoms with Gasteiger partial charge in [0, 0.05) is 6.61 Å². The second-order valence-corrected chi connectivity index (χ2v) is 3.22. The molecule has 0 aromatic carbocycles. The van der Waals surface area contributed by atoms with Crippen LogP contribution in [0.15, 0.2) is 0 Å². The fourth-order valence-electron chi connectivity index (χ4n) is 1.41. The maximum atomic E-state index is 8.59. The zero-order chi connectivity index (χ0) is 8.10. The summed E-state index contributed by atoms with van der Waals surface area (Å²) in [6.45, 7) is 2.48. The minimum absolute atomic E-state index is 0.273. The summed E-state index contributed by atoms with van der Waals surface area (Å²) in [5, 5.41) is 8.59. The minimum atomic E-state index is 0.273. The monoisotopic (exact) mass is 158 g/mol. The number of unbranched alkanes of at least 4 members (excludes halogenated alkanes) is 2. The first-order chi connectivity index (χ1) is 5.38. The highest BCUT2D eigenvalue weighted by Crippen LogP contribution is 2.29. The summed E-state index contributed by atoms with van der Waals surface area (Å²) in [6, 6.07) is 0. The zero-order valence-corrected chi connectivity index (χ0v) is 7.25. The summed E-state index contributed by atoms with van der Waals surface area (Å²) in [5.41, 5.74) is 0. The highest BCUT2D eigenvalue weighted by Gasteiger charge is 2.36. The van der Waals surface area contributed by atoms with Gasteiger partial charge < -0.3 is 9.84 Å². The Morgan fingerprint density at radius 3 is 2.55 bits per heavy atom. The van der Waals surface area contributed by atoms with E-state index in [2.05, 4.69) is 6.92 Å². The predicted molar refractivity (Wildman–Crippen MR) is 44.5 cm³/mol. The van der Waals surface area contributed by atoms with Crippen LogP contribution in [0.4, 0.5) is 0 Å². The van der Waals surface area contributed by atoms with Crippen molar-refractivity contribution in [2.45, 2.75) is 51.2 Å². The van der Waals surface area contributed by atoms with Crippen LogP contribution in [0.25, 0.3) is 0 Å². The molecule has 0 aliphatic carbocycles. The standard InChI is InChI=1S/C9H18O2/c1-2-3-4-5-8-9(11-8)6-7-10/h8-10H,2-7H2,1H3/t8?,9-/m1/s1. The van der Waals surface area contributed by atoms with Crippen molar-refractivity contribution in [3.05, 3.63) is 0 Å². The average Bonchev–Trinajstić information content (AvgIpc) is 2.70. The first kappa shape index (κ1) is 9.01. The maximum absolute atomic E-state index is 8.59. The Bertz CT molecular complexity index is 104. The molecule has 1 heterocycles. The largest absolute Gasteiger partial charge is 0.396 e. The van der Waals surface area contributed by atoms with Crippen LogP contribution < -0.4 is 0 Å². The molecule has 66 valence electrons. The lowest BCUT2D eigenvalue weighted by Gasteiger charge is -1.93. The summed E-state index contributed by atoms with van der Waals surface area (Å²) in [4.78, 5) is 0. The van der Waals surface area contributed by atoms with Crippen LogP contribution in [0, 0.1) is 0 Å². The van der Waals surface area contributed by atoms with E-state index < -0.39 is 0 Å². The molecule has 1 aliphatic heterocycles. The molecule has 0 saturated carbocycles. The van der Waals surface area contributed by atoms with Gasteiger partial charge in [-0.2, -0.15) is 0 Å². The number of hydrogen-bond acceptors (Lipinski definition) is 2. The zero-order valence-electron chi connectivity index (χ0n) is 7.25. The van der Waals surface area contributed by atoms with Crippen molar-refractivity contribution in [1.29, 1.82) is 0 Å². The van der Waals surface area contributed by atoms with Crippen molar-refractivity contribution >= 4 is 0 Å². The Morgan fingerprint density at radius 1 is 1.18 bits per heavy atom. The van der Waals surface area contributed by atoms with Gasteiger partial charge in [0.05, 0.1) is 12.2 Å². The molecule has 1 N–H and O–H groups in total. The quantitative estimate of drug-likeness (QED) is 0.471. The van der Waals surface area contributed by atoms with Gasteiger partial charge >= 0.3 is 0 Å². The Labute approximate surface area is 68.6 Å². The van der Waals surface area contributed by atoms with Crippen molar-refractivity contribution < 1.29 is 9.84 Å². The van der Waals surface area contributed by atoms with Gasteiger partial charge in [-0.15, -0.1) is 0 Å². The Morgan fingerprint density at radius 2 is 1.91 bits per heavy atom. The number of hydrogen-bond donors (Lipinski definition) is 1. The summed E-state index contributed by atoms with van der Waals surface area (Å²) in [5.74, 6) is 0. The second-order valence-electron chi connectivity index (χ2n) is 3.22. The van der Waals surface area contributed by atoms with Gasteiger partial charge in [-0.1, -0.05) is 26.2 Å². The van der Waals surface area contributed by atoms with Crippen LogP contribution in [0.2, 0.25) is 0 Å². The van der Waals surface area contributed by atoms with Crippen molar-refractivity contribution in [1.82, 2.24) is 0 Å². The van der Waals surface area contributed by atoms with E-state index in [1.54, 1.807) is 0 Å². The molecule has 0 spiro atoms. The van der Waals surface area contributed by atoms with E-state index in [0.717, 1.165) is 6.42 Å². The van der Waals surface area contributed by atoms with Crippen LogP contribution in [-0.4, -0.2) is 23.9 Å². The summed E-state index contributed by atoms with van der Waals surface area (Å²) in [6.07, 6.45) is 6.76. The van der Waals surface area contributed by atoms with E-state index >= 15 is 0 Å². The van der Waals surface area contributed by atoms with E-state index in [1.807, 2.05) is 0 Å². The number of epoxide rings is 1. The van der Waals surface area contributed by atoms with Gasteiger partial charge in [0.1, 0.15) is 0 Å². The van der Waals surface area contributed by atoms with Gasteiger partial charge in [-0.25, -0.2) is 0 Å². The first-order valence-electron chi connectivity index (χ1n) is 4.64. The van der Waals surface area contributed by atoms with E-state index in [-0.39, 0.29) is 6.61 Å². The van der Waals surface area contributed by atoms with Gasteiger partial charge in [0.2, 0.25) is 0 Å². The minimum Gasteiger partial charge on any atom is -0.396 e. The molecule has 1 unspecified atom stereocenters.